The molecule has 1 unspecified atom stereocenters. The molecule has 7 nitrogen and oxygen atoms in total. The summed E-state index contributed by atoms with van der Waals surface area (Å²) in [6, 6.07) is 1.54. The van der Waals surface area contributed by atoms with E-state index in [0.29, 0.717) is 13.0 Å². The minimum atomic E-state index is -3.71. The Labute approximate surface area is 118 Å². The van der Waals surface area contributed by atoms with Crippen molar-refractivity contribution in [2.45, 2.75) is 32.3 Å². The summed E-state index contributed by atoms with van der Waals surface area (Å²) in [6.45, 7) is 2.36. The fourth-order valence-electron chi connectivity index (χ4n) is 2.09. The average Bonchev–Trinajstić information content (AvgIpc) is 2.70. The Morgan fingerprint density at radius 3 is 2.85 bits per heavy atom. The molecule has 1 aromatic rings. The van der Waals surface area contributed by atoms with Gasteiger partial charge in [-0.1, -0.05) is 0 Å². The Morgan fingerprint density at radius 2 is 2.30 bits per heavy atom. The molecule has 20 heavy (non-hydrogen) atoms. The number of amides is 1. The van der Waals surface area contributed by atoms with E-state index in [4.69, 9.17) is 4.74 Å². The normalized spacial score (nSPS) is 19.8. The quantitative estimate of drug-likeness (QED) is 0.867. The monoisotopic (exact) mass is 301 g/mol. The molecule has 0 spiro atoms. The first-order chi connectivity index (χ1) is 9.37. The summed E-state index contributed by atoms with van der Waals surface area (Å²) in [7, 11) is -2.02. The van der Waals surface area contributed by atoms with Crippen molar-refractivity contribution in [3.05, 3.63) is 17.5 Å². The van der Waals surface area contributed by atoms with Crippen LogP contribution in [-0.4, -0.2) is 42.6 Å². The van der Waals surface area contributed by atoms with Gasteiger partial charge in [0.2, 0.25) is 10.0 Å². The van der Waals surface area contributed by atoms with Crippen molar-refractivity contribution in [3.8, 4) is 0 Å². The van der Waals surface area contributed by atoms with E-state index in [9.17, 15) is 13.2 Å². The van der Waals surface area contributed by atoms with Crippen LogP contribution in [0.15, 0.2) is 6.07 Å². The maximum atomic E-state index is 11.9. The van der Waals surface area contributed by atoms with Crippen LogP contribution in [0.25, 0.3) is 0 Å². The van der Waals surface area contributed by atoms with Gasteiger partial charge in [0.1, 0.15) is 0 Å². The lowest BCUT2D eigenvalue weighted by Crippen LogP contribution is -2.38. The fourth-order valence-corrected chi connectivity index (χ4v) is 3.31. The first-order valence-corrected chi connectivity index (χ1v) is 8.20. The highest BCUT2D eigenvalue weighted by Crippen LogP contribution is 2.14. The molecule has 0 saturated carbocycles. The highest BCUT2D eigenvalue weighted by Gasteiger charge is 2.25. The summed E-state index contributed by atoms with van der Waals surface area (Å²) in [6.07, 6.45) is 2.28. The Morgan fingerprint density at radius 1 is 1.55 bits per heavy atom. The summed E-state index contributed by atoms with van der Waals surface area (Å²) in [4.78, 5) is 11.9. The first kappa shape index (κ1) is 15.0. The molecule has 8 heteroatoms. The van der Waals surface area contributed by atoms with Gasteiger partial charge in [0.15, 0.2) is 5.69 Å². The van der Waals surface area contributed by atoms with E-state index in [0.717, 1.165) is 18.5 Å². The van der Waals surface area contributed by atoms with Gasteiger partial charge in [0.25, 0.3) is 5.91 Å². The third-order valence-corrected chi connectivity index (χ3v) is 4.58. The van der Waals surface area contributed by atoms with Gasteiger partial charge in [-0.15, -0.1) is 0 Å². The van der Waals surface area contributed by atoms with Crippen LogP contribution in [0.4, 0.5) is 0 Å². The molecule has 0 aliphatic carbocycles. The van der Waals surface area contributed by atoms with E-state index in [2.05, 4.69) is 5.10 Å². The smallest absolute Gasteiger partial charge is 0.285 e. The molecule has 1 aromatic heterocycles. The zero-order chi connectivity index (χ0) is 14.8. The van der Waals surface area contributed by atoms with Crippen molar-refractivity contribution in [2.75, 3.05) is 12.4 Å². The van der Waals surface area contributed by atoms with Crippen LogP contribution in [-0.2, 0) is 21.8 Å². The van der Waals surface area contributed by atoms with Crippen molar-refractivity contribution in [1.82, 2.24) is 14.5 Å². The molecule has 1 aliphatic rings. The number of carbonyl (C=O) groups is 1. The van der Waals surface area contributed by atoms with Crippen LogP contribution in [0.3, 0.4) is 0 Å². The summed E-state index contributed by atoms with van der Waals surface area (Å²) < 4.78 is 32.8. The lowest BCUT2D eigenvalue weighted by molar-refractivity contribution is 0.0304. The Bertz CT molecular complexity index is 568. The number of sulfonamides is 1. The molecule has 0 aromatic carbocycles. The predicted molar refractivity (Wildman–Crippen MR) is 72.8 cm³/mol. The van der Waals surface area contributed by atoms with Gasteiger partial charge in [-0.05, 0) is 32.3 Å². The number of rotatable bonds is 4. The Balaban J connectivity index is 1.98. The topological polar surface area (TPSA) is 90.3 Å². The zero-order valence-electron chi connectivity index (χ0n) is 11.6. The summed E-state index contributed by atoms with van der Waals surface area (Å²) in [5.74, 6) is -0.894. The number of aryl methyl sites for hydroxylation is 2. The molecular formula is C12H19N3O4S. The maximum absolute atomic E-state index is 11.9. The molecule has 1 fully saturated rings. The standard InChI is InChI=1S/C12H19N3O4S/c1-9-7-11(13-15(9)2)12(16)14-20(17,18)8-10-5-3-4-6-19-10/h7,10H,3-6,8H2,1-2H3,(H,14,16). The van der Waals surface area contributed by atoms with Crippen molar-refractivity contribution in [1.29, 1.82) is 0 Å². The van der Waals surface area contributed by atoms with Crippen molar-refractivity contribution in [3.63, 3.8) is 0 Å². The number of hydrogen-bond acceptors (Lipinski definition) is 5. The van der Waals surface area contributed by atoms with Gasteiger partial charge in [-0.3, -0.25) is 9.48 Å². The molecule has 2 heterocycles. The van der Waals surface area contributed by atoms with Gasteiger partial charge < -0.3 is 4.74 Å². The first-order valence-electron chi connectivity index (χ1n) is 6.54. The summed E-state index contributed by atoms with van der Waals surface area (Å²) in [5.41, 5.74) is 0.876. The number of nitrogens with one attached hydrogen (secondary N) is 1. The van der Waals surface area contributed by atoms with E-state index in [-0.39, 0.29) is 17.6 Å². The van der Waals surface area contributed by atoms with E-state index < -0.39 is 15.9 Å². The molecule has 1 aliphatic heterocycles. The molecular weight excluding hydrogens is 282 g/mol. The van der Waals surface area contributed by atoms with Crippen LogP contribution in [0.1, 0.15) is 35.4 Å². The van der Waals surface area contributed by atoms with Crippen LogP contribution in [0.5, 0.6) is 0 Å². The molecule has 112 valence electrons. The SMILES string of the molecule is Cc1cc(C(=O)NS(=O)(=O)CC2CCCCO2)nn1C. The lowest BCUT2D eigenvalue weighted by Gasteiger charge is -2.22. The maximum Gasteiger partial charge on any atom is 0.285 e. The van der Waals surface area contributed by atoms with Crippen LogP contribution < -0.4 is 4.72 Å². The number of hydrogen-bond donors (Lipinski definition) is 1. The Kier molecular flexibility index (Phi) is 4.44. The Hall–Kier alpha value is -1.41. The molecule has 1 atom stereocenters. The van der Waals surface area contributed by atoms with Gasteiger partial charge in [-0.2, -0.15) is 5.10 Å². The molecule has 1 N–H and O–H groups in total. The van der Waals surface area contributed by atoms with Gasteiger partial charge >= 0.3 is 0 Å². The minimum Gasteiger partial charge on any atom is -0.377 e. The second kappa shape index (κ2) is 5.92. The second-order valence-electron chi connectivity index (χ2n) is 5.00. The predicted octanol–water partition coefficient (Wildman–Crippen LogP) is 0.357. The highest BCUT2D eigenvalue weighted by molar-refractivity contribution is 7.90. The zero-order valence-corrected chi connectivity index (χ0v) is 12.4. The third-order valence-electron chi connectivity index (χ3n) is 3.27. The number of aromatic nitrogens is 2. The van der Waals surface area contributed by atoms with Gasteiger partial charge in [-0.25, -0.2) is 13.1 Å². The number of carbonyl (C=O) groups excluding carboxylic acids is 1. The van der Waals surface area contributed by atoms with E-state index in [1.807, 2.05) is 4.72 Å². The van der Waals surface area contributed by atoms with E-state index >= 15 is 0 Å². The van der Waals surface area contributed by atoms with E-state index in [1.165, 1.54) is 4.68 Å². The number of ether oxygens (including phenoxy) is 1. The molecule has 1 saturated heterocycles. The highest BCUT2D eigenvalue weighted by atomic mass is 32.2. The van der Waals surface area contributed by atoms with E-state index in [1.54, 1.807) is 20.0 Å². The van der Waals surface area contributed by atoms with Gasteiger partial charge in [0, 0.05) is 19.3 Å². The number of nitrogens with zero attached hydrogens (tertiary/aromatic N) is 2. The fraction of sp³-hybridized carbons (Fsp3) is 0.667. The van der Waals surface area contributed by atoms with Crippen LogP contribution in [0, 0.1) is 6.92 Å². The van der Waals surface area contributed by atoms with Crippen molar-refractivity contribution in [2.24, 2.45) is 7.05 Å². The third kappa shape index (κ3) is 3.80. The molecule has 1 amide bonds. The average molecular weight is 301 g/mol. The van der Waals surface area contributed by atoms with Crippen molar-refractivity contribution >= 4 is 15.9 Å². The molecule has 0 bridgehead atoms. The second-order valence-corrected chi connectivity index (χ2v) is 6.76. The van der Waals surface area contributed by atoms with Crippen molar-refractivity contribution < 1.29 is 17.9 Å². The van der Waals surface area contributed by atoms with Gasteiger partial charge in [0.05, 0.1) is 11.9 Å². The summed E-state index contributed by atoms with van der Waals surface area (Å²) >= 11 is 0. The van der Waals surface area contributed by atoms with Crippen LogP contribution >= 0.6 is 0 Å². The molecule has 2 rings (SSSR count). The largest absolute Gasteiger partial charge is 0.377 e. The summed E-state index contributed by atoms with van der Waals surface area (Å²) in [5, 5.41) is 3.95. The van der Waals surface area contributed by atoms with Crippen LogP contribution in [0.2, 0.25) is 0 Å². The lowest BCUT2D eigenvalue weighted by atomic mass is 10.1. The molecule has 0 radical (unpaired) electrons. The minimum absolute atomic E-state index is 0.0955.